The second-order valence-electron chi connectivity index (χ2n) is 4.44. The highest BCUT2D eigenvalue weighted by molar-refractivity contribution is 5.91. The molecule has 19 heavy (non-hydrogen) atoms. The quantitative estimate of drug-likeness (QED) is 0.875. The van der Waals surface area contributed by atoms with Gasteiger partial charge in [-0.2, -0.15) is 0 Å². The van der Waals surface area contributed by atoms with E-state index >= 15 is 0 Å². The van der Waals surface area contributed by atoms with Gasteiger partial charge in [-0.05, 0) is 38.1 Å². The molecule has 0 bridgehead atoms. The fraction of sp³-hybridized carbons (Fsp3) is 0.462. The van der Waals surface area contributed by atoms with Crippen molar-refractivity contribution in [2.24, 2.45) is 0 Å². The molecule has 1 amide bonds. The molecule has 1 saturated heterocycles. The van der Waals surface area contributed by atoms with Gasteiger partial charge in [-0.25, -0.2) is 8.78 Å². The second kappa shape index (κ2) is 6.58. The number of halogens is 2. The third-order valence-corrected chi connectivity index (χ3v) is 2.94. The van der Waals surface area contributed by atoms with E-state index in [1.807, 2.05) is 0 Å². The van der Waals surface area contributed by atoms with Crippen molar-refractivity contribution >= 4 is 11.6 Å². The first-order valence-electron chi connectivity index (χ1n) is 6.22. The van der Waals surface area contributed by atoms with Gasteiger partial charge in [0, 0.05) is 11.8 Å². The Bertz CT molecular complexity index is 448. The molecule has 2 rings (SSSR count). The van der Waals surface area contributed by atoms with Crippen LogP contribution in [0, 0.1) is 11.6 Å². The van der Waals surface area contributed by atoms with Crippen molar-refractivity contribution in [3.63, 3.8) is 0 Å². The van der Waals surface area contributed by atoms with Gasteiger partial charge in [0.25, 0.3) is 0 Å². The van der Waals surface area contributed by atoms with Crippen molar-refractivity contribution < 1.29 is 18.3 Å². The summed E-state index contributed by atoms with van der Waals surface area (Å²) in [5.41, 5.74) is 0.220. The van der Waals surface area contributed by atoms with Crippen LogP contribution in [0.15, 0.2) is 18.2 Å². The maximum atomic E-state index is 12.9. The van der Waals surface area contributed by atoms with Gasteiger partial charge in [-0.3, -0.25) is 4.79 Å². The van der Waals surface area contributed by atoms with Gasteiger partial charge in [0.15, 0.2) is 11.6 Å². The van der Waals surface area contributed by atoms with Crippen LogP contribution in [0.1, 0.15) is 12.8 Å². The molecule has 6 heteroatoms. The Morgan fingerprint density at radius 2 is 2.05 bits per heavy atom. The third kappa shape index (κ3) is 4.25. The zero-order valence-electron chi connectivity index (χ0n) is 10.4. The highest BCUT2D eigenvalue weighted by Crippen LogP contribution is 2.13. The zero-order valence-corrected chi connectivity index (χ0v) is 10.4. The van der Waals surface area contributed by atoms with Gasteiger partial charge in [0.2, 0.25) is 5.91 Å². The van der Waals surface area contributed by atoms with E-state index in [0.717, 1.165) is 38.1 Å². The topological polar surface area (TPSA) is 50.4 Å². The number of piperidine rings is 1. The number of anilines is 1. The molecule has 1 aromatic carbocycles. The lowest BCUT2D eigenvalue weighted by atomic mass is 10.1. The van der Waals surface area contributed by atoms with Crippen molar-refractivity contribution in [1.29, 1.82) is 0 Å². The predicted octanol–water partition coefficient (Wildman–Crippen LogP) is 1.67. The van der Waals surface area contributed by atoms with Crippen LogP contribution in [0.2, 0.25) is 0 Å². The van der Waals surface area contributed by atoms with Crippen molar-refractivity contribution in [3.05, 3.63) is 29.8 Å². The van der Waals surface area contributed by atoms with Gasteiger partial charge in [-0.1, -0.05) is 0 Å². The number of carbonyl (C=O) groups excluding carboxylic acids is 1. The molecule has 0 spiro atoms. The molecule has 1 aliphatic rings. The first-order chi connectivity index (χ1) is 9.15. The smallest absolute Gasteiger partial charge is 0.250 e. The largest absolute Gasteiger partial charge is 0.368 e. The van der Waals surface area contributed by atoms with Crippen molar-refractivity contribution in [3.8, 4) is 0 Å². The summed E-state index contributed by atoms with van der Waals surface area (Å²) in [4.78, 5) is 11.6. The van der Waals surface area contributed by atoms with E-state index in [-0.39, 0.29) is 24.3 Å². The van der Waals surface area contributed by atoms with Gasteiger partial charge in [0.05, 0.1) is 6.10 Å². The first-order valence-corrected chi connectivity index (χ1v) is 6.22. The predicted molar refractivity (Wildman–Crippen MR) is 66.8 cm³/mol. The summed E-state index contributed by atoms with van der Waals surface area (Å²) in [7, 11) is 0. The number of nitrogens with one attached hydrogen (secondary N) is 2. The summed E-state index contributed by atoms with van der Waals surface area (Å²) in [5.74, 6) is -2.30. The first kappa shape index (κ1) is 13.9. The summed E-state index contributed by atoms with van der Waals surface area (Å²) in [6.45, 7) is 1.69. The van der Waals surface area contributed by atoms with Crippen LogP contribution in [0.5, 0.6) is 0 Å². The SMILES string of the molecule is O=C(COC1CCNCC1)Nc1ccc(F)c(F)c1. The molecule has 4 nitrogen and oxygen atoms in total. The van der Waals surface area contributed by atoms with Gasteiger partial charge < -0.3 is 15.4 Å². The number of ether oxygens (including phenoxy) is 1. The summed E-state index contributed by atoms with van der Waals surface area (Å²) in [6.07, 6.45) is 1.83. The highest BCUT2D eigenvalue weighted by atomic mass is 19.2. The molecule has 104 valence electrons. The number of benzene rings is 1. The maximum absolute atomic E-state index is 12.9. The van der Waals surface area contributed by atoms with Crippen LogP contribution in [0.3, 0.4) is 0 Å². The molecule has 0 saturated carbocycles. The summed E-state index contributed by atoms with van der Waals surface area (Å²) in [6, 6.07) is 3.22. The number of rotatable bonds is 4. The van der Waals surface area contributed by atoms with E-state index < -0.39 is 11.6 Å². The Kier molecular flexibility index (Phi) is 4.81. The van der Waals surface area contributed by atoms with Crippen LogP contribution in [-0.4, -0.2) is 31.7 Å². The van der Waals surface area contributed by atoms with Gasteiger partial charge in [0.1, 0.15) is 6.61 Å². The molecule has 1 fully saturated rings. The molecule has 1 heterocycles. The van der Waals surface area contributed by atoms with E-state index in [2.05, 4.69) is 10.6 Å². The fourth-order valence-electron chi connectivity index (χ4n) is 1.93. The minimum atomic E-state index is -0.989. The number of hydrogen-bond acceptors (Lipinski definition) is 3. The zero-order chi connectivity index (χ0) is 13.7. The van der Waals surface area contributed by atoms with Crippen molar-refractivity contribution in [2.75, 3.05) is 25.0 Å². The maximum Gasteiger partial charge on any atom is 0.250 e. The Morgan fingerprint density at radius 1 is 1.32 bits per heavy atom. The lowest BCUT2D eigenvalue weighted by Gasteiger charge is -2.22. The Hall–Kier alpha value is -1.53. The minimum Gasteiger partial charge on any atom is -0.368 e. The van der Waals surface area contributed by atoms with Crippen LogP contribution in [-0.2, 0) is 9.53 Å². The average molecular weight is 270 g/mol. The van der Waals surface area contributed by atoms with E-state index in [4.69, 9.17) is 4.74 Å². The highest BCUT2D eigenvalue weighted by Gasteiger charge is 2.15. The van der Waals surface area contributed by atoms with Crippen molar-refractivity contribution in [1.82, 2.24) is 5.32 Å². The lowest BCUT2D eigenvalue weighted by molar-refractivity contribution is -0.123. The minimum absolute atomic E-state index is 0.0797. The molecule has 0 unspecified atom stereocenters. The summed E-state index contributed by atoms with van der Waals surface area (Å²) in [5, 5.41) is 5.66. The monoisotopic (exact) mass is 270 g/mol. The Balaban J connectivity index is 1.78. The van der Waals surface area contributed by atoms with E-state index in [1.54, 1.807) is 0 Å². The number of carbonyl (C=O) groups is 1. The van der Waals surface area contributed by atoms with Crippen LogP contribution in [0.4, 0.5) is 14.5 Å². The number of hydrogen-bond donors (Lipinski definition) is 2. The van der Waals surface area contributed by atoms with Gasteiger partial charge >= 0.3 is 0 Å². The van der Waals surface area contributed by atoms with Crippen molar-refractivity contribution in [2.45, 2.75) is 18.9 Å². The molecular weight excluding hydrogens is 254 g/mol. The summed E-state index contributed by atoms with van der Waals surface area (Å²) < 4.78 is 31.1. The molecule has 0 aromatic heterocycles. The number of amides is 1. The van der Waals surface area contributed by atoms with E-state index in [9.17, 15) is 13.6 Å². The van der Waals surface area contributed by atoms with E-state index in [1.165, 1.54) is 6.07 Å². The fourth-order valence-corrected chi connectivity index (χ4v) is 1.93. The second-order valence-corrected chi connectivity index (χ2v) is 4.44. The molecule has 0 atom stereocenters. The van der Waals surface area contributed by atoms with Crippen LogP contribution < -0.4 is 10.6 Å². The normalized spacial score (nSPS) is 16.3. The lowest BCUT2D eigenvalue weighted by Crippen LogP contribution is -2.34. The molecule has 1 aliphatic heterocycles. The Labute approximate surface area is 110 Å². The summed E-state index contributed by atoms with van der Waals surface area (Å²) >= 11 is 0. The molecule has 2 N–H and O–H groups in total. The molecule has 0 radical (unpaired) electrons. The Morgan fingerprint density at radius 3 is 2.74 bits per heavy atom. The standard InChI is InChI=1S/C13H16F2N2O2/c14-11-2-1-9(7-12(11)15)17-13(18)8-19-10-3-5-16-6-4-10/h1-2,7,10,16H,3-6,8H2,(H,17,18). The molecular formula is C13H16F2N2O2. The molecule has 0 aliphatic carbocycles. The van der Waals surface area contributed by atoms with Crippen LogP contribution in [0.25, 0.3) is 0 Å². The van der Waals surface area contributed by atoms with E-state index in [0.29, 0.717) is 0 Å². The molecule has 1 aromatic rings. The van der Waals surface area contributed by atoms with Crippen LogP contribution >= 0.6 is 0 Å². The third-order valence-electron chi connectivity index (χ3n) is 2.94. The van der Waals surface area contributed by atoms with Gasteiger partial charge in [-0.15, -0.1) is 0 Å². The average Bonchev–Trinajstić information content (AvgIpc) is 2.42.